The molecule has 1 aliphatic heterocycles. The molecule has 1 aliphatic rings. The Morgan fingerprint density at radius 3 is 2.77 bits per heavy atom. The largest absolute Gasteiger partial charge is 0.379 e. The van der Waals surface area contributed by atoms with E-state index in [4.69, 9.17) is 5.73 Å². The molecule has 0 spiro atoms. The van der Waals surface area contributed by atoms with Crippen LogP contribution in [0.3, 0.4) is 0 Å². The number of rotatable bonds is 3. The van der Waals surface area contributed by atoms with E-state index in [9.17, 15) is 5.11 Å². The number of piperidine rings is 1. The molecule has 1 fully saturated rings. The molecule has 0 bridgehead atoms. The Kier molecular flexibility index (Phi) is 4.16. The van der Waals surface area contributed by atoms with Crippen LogP contribution in [-0.4, -0.2) is 34.9 Å². The van der Waals surface area contributed by atoms with E-state index >= 15 is 0 Å². The first kappa shape index (κ1) is 11.0. The lowest BCUT2D eigenvalue weighted by atomic mass is 9.94. The molecule has 0 radical (unpaired) electrons. The van der Waals surface area contributed by atoms with Crippen LogP contribution in [0.4, 0.5) is 0 Å². The van der Waals surface area contributed by atoms with E-state index in [-0.39, 0.29) is 12.3 Å². The van der Waals surface area contributed by atoms with Gasteiger partial charge in [0.25, 0.3) is 0 Å². The van der Waals surface area contributed by atoms with Gasteiger partial charge in [-0.1, -0.05) is 13.3 Å². The highest BCUT2D eigenvalue weighted by molar-refractivity contribution is 4.85. The summed E-state index contributed by atoms with van der Waals surface area (Å²) in [6.45, 7) is 4.94. The minimum Gasteiger partial charge on any atom is -0.379 e. The minimum atomic E-state index is -0.345. The van der Waals surface area contributed by atoms with Gasteiger partial charge in [-0.05, 0) is 26.2 Å². The summed E-state index contributed by atoms with van der Waals surface area (Å²) in [5.74, 6) is 0. The van der Waals surface area contributed by atoms with Crippen LogP contribution in [-0.2, 0) is 0 Å². The fourth-order valence-corrected chi connectivity index (χ4v) is 2.18. The van der Waals surface area contributed by atoms with Gasteiger partial charge in [-0.3, -0.25) is 4.90 Å². The SMILES string of the molecule is CCC(N)C1CCCCN1C(C)O. The molecule has 0 aliphatic carbocycles. The molecule has 0 saturated carbocycles. The van der Waals surface area contributed by atoms with Gasteiger partial charge in [-0.2, -0.15) is 0 Å². The Hall–Kier alpha value is -0.120. The molecule has 13 heavy (non-hydrogen) atoms. The third-order valence-corrected chi connectivity index (χ3v) is 3.04. The normalized spacial score (nSPS) is 30.0. The highest BCUT2D eigenvalue weighted by Crippen LogP contribution is 2.21. The number of aliphatic hydroxyl groups excluding tert-OH is 1. The summed E-state index contributed by atoms with van der Waals surface area (Å²) in [4.78, 5) is 2.14. The maximum Gasteiger partial charge on any atom is 0.104 e. The summed E-state index contributed by atoms with van der Waals surface area (Å²) in [6.07, 6.45) is 4.23. The van der Waals surface area contributed by atoms with E-state index in [0.29, 0.717) is 6.04 Å². The van der Waals surface area contributed by atoms with Crippen molar-refractivity contribution in [3.63, 3.8) is 0 Å². The van der Waals surface area contributed by atoms with Crippen LogP contribution in [0.2, 0.25) is 0 Å². The lowest BCUT2D eigenvalue weighted by molar-refractivity contribution is -0.0355. The highest BCUT2D eigenvalue weighted by atomic mass is 16.3. The minimum absolute atomic E-state index is 0.217. The number of aliphatic hydroxyl groups is 1. The fourth-order valence-electron chi connectivity index (χ4n) is 2.18. The van der Waals surface area contributed by atoms with Crippen molar-refractivity contribution >= 4 is 0 Å². The average Bonchev–Trinajstić information content (AvgIpc) is 2.16. The molecule has 1 rings (SSSR count). The second kappa shape index (κ2) is 4.94. The molecule has 1 saturated heterocycles. The van der Waals surface area contributed by atoms with Gasteiger partial charge in [0.15, 0.2) is 0 Å². The van der Waals surface area contributed by atoms with Crippen LogP contribution in [0.15, 0.2) is 0 Å². The highest BCUT2D eigenvalue weighted by Gasteiger charge is 2.28. The van der Waals surface area contributed by atoms with E-state index in [1.54, 1.807) is 0 Å². The first-order valence-electron chi connectivity index (χ1n) is 5.36. The molecule has 0 aromatic heterocycles. The monoisotopic (exact) mass is 186 g/mol. The van der Waals surface area contributed by atoms with Gasteiger partial charge in [0.2, 0.25) is 0 Å². The second-order valence-corrected chi connectivity index (χ2v) is 4.00. The summed E-state index contributed by atoms with van der Waals surface area (Å²) in [5, 5.41) is 9.56. The van der Waals surface area contributed by atoms with Crippen molar-refractivity contribution in [2.24, 2.45) is 5.73 Å². The molecule has 78 valence electrons. The van der Waals surface area contributed by atoms with Crippen molar-refractivity contribution in [2.75, 3.05) is 6.54 Å². The molecule has 3 N–H and O–H groups in total. The lowest BCUT2D eigenvalue weighted by Gasteiger charge is -2.40. The lowest BCUT2D eigenvalue weighted by Crippen LogP contribution is -2.53. The first-order chi connectivity index (χ1) is 6.16. The van der Waals surface area contributed by atoms with Crippen molar-refractivity contribution in [1.82, 2.24) is 4.90 Å². The Morgan fingerprint density at radius 1 is 1.54 bits per heavy atom. The molecule has 0 aromatic rings. The van der Waals surface area contributed by atoms with Crippen molar-refractivity contribution in [1.29, 1.82) is 0 Å². The zero-order valence-electron chi connectivity index (χ0n) is 8.74. The van der Waals surface area contributed by atoms with Crippen LogP contribution in [0.5, 0.6) is 0 Å². The zero-order chi connectivity index (χ0) is 9.84. The molecule has 3 heteroatoms. The smallest absolute Gasteiger partial charge is 0.104 e. The van der Waals surface area contributed by atoms with Gasteiger partial charge in [0, 0.05) is 18.6 Å². The number of hydrogen-bond donors (Lipinski definition) is 2. The zero-order valence-corrected chi connectivity index (χ0v) is 8.74. The van der Waals surface area contributed by atoms with Gasteiger partial charge in [0.05, 0.1) is 0 Å². The number of likely N-dealkylation sites (tertiary alicyclic amines) is 1. The Bertz CT molecular complexity index is 150. The summed E-state index contributed by atoms with van der Waals surface area (Å²) in [6, 6.07) is 0.605. The van der Waals surface area contributed by atoms with E-state index in [0.717, 1.165) is 19.4 Å². The predicted octanol–water partition coefficient (Wildman–Crippen LogP) is 0.916. The van der Waals surface area contributed by atoms with Crippen LogP contribution >= 0.6 is 0 Å². The maximum absolute atomic E-state index is 9.56. The standard InChI is InChI=1S/C10H22N2O/c1-3-9(11)10-6-4-5-7-12(10)8(2)13/h8-10,13H,3-7,11H2,1-2H3. The average molecular weight is 186 g/mol. The van der Waals surface area contributed by atoms with E-state index in [1.165, 1.54) is 12.8 Å². The molecule has 1 heterocycles. The van der Waals surface area contributed by atoms with E-state index in [2.05, 4.69) is 11.8 Å². The number of nitrogens with zero attached hydrogens (tertiary/aromatic N) is 1. The van der Waals surface area contributed by atoms with Crippen LogP contribution in [0.25, 0.3) is 0 Å². The Balaban J connectivity index is 2.56. The molecular formula is C10H22N2O. The fraction of sp³-hybridized carbons (Fsp3) is 1.00. The van der Waals surface area contributed by atoms with Crippen molar-refractivity contribution < 1.29 is 5.11 Å². The first-order valence-corrected chi connectivity index (χ1v) is 5.36. The van der Waals surface area contributed by atoms with Crippen molar-refractivity contribution in [3.8, 4) is 0 Å². The summed E-state index contributed by atoms with van der Waals surface area (Å²) in [7, 11) is 0. The van der Waals surface area contributed by atoms with Crippen LogP contribution < -0.4 is 5.73 Å². The topological polar surface area (TPSA) is 49.5 Å². The Morgan fingerprint density at radius 2 is 2.23 bits per heavy atom. The van der Waals surface area contributed by atoms with E-state index in [1.807, 2.05) is 6.92 Å². The Labute approximate surface area is 80.9 Å². The van der Waals surface area contributed by atoms with Crippen molar-refractivity contribution in [2.45, 2.75) is 57.8 Å². The van der Waals surface area contributed by atoms with Crippen LogP contribution in [0, 0.1) is 0 Å². The van der Waals surface area contributed by atoms with Crippen molar-refractivity contribution in [3.05, 3.63) is 0 Å². The van der Waals surface area contributed by atoms with Gasteiger partial charge >= 0.3 is 0 Å². The van der Waals surface area contributed by atoms with Gasteiger partial charge in [0.1, 0.15) is 6.23 Å². The molecule has 3 atom stereocenters. The number of hydrogen-bond acceptors (Lipinski definition) is 3. The van der Waals surface area contributed by atoms with E-state index < -0.39 is 0 Å². The molecule has 0 amide bonds. The summed E-state index contributed by atoms with van der Waals surface area (Å²) < 4.78 is 0. The summed E-state index contributed by atoms with van der Waals surface area (Å²) in [5.41, 5.74) is 6.02. The van der Waals surface area contributed by atoms with Crippen LogP contribution in [0.1, 0.15) is 39.5 Å². The maximum atomic E-state index is 9.56. The third-order valence-electron chi connectivity index (χ3n) is 3.04. The predicted molar refractivity (Wildman–Crippen MR) is 54.3 cm³/mol. The van der Waals surface area contributed by atoms with Gasteiger partial charge < -0.3 is 10.8 Å². The quantitative estimate of drug-likeness (QED) is 0.689. The molecule has 0 aromatic carbocycles. The second-order valence-electron chi connectivity index (χ2n) is 4.00. The molecule has 3 unspecified atom stereocenters. The molecule has 3 nitrogen and oxygen atoms in total. The van der Waals surface area contributed by atoms with Gasteiger partial charge in [-0.25, -0.2) is 0 Å². The summed E-state index contributed by atoms with van der Waals surface area (Å²) >= 11 is 0. The van der Waals surface area contributed by atoms with Gasteiger partial charge in [-0.15, -0.1) is 0 Å². The number of nitrogens with two attached hydrogens (primary N) is 1. The molecular weight excluding hydrogens is 164 g/mol. The third kappa shape index (κ3) is 2.66.